The van der Waals surface area contributed by atoms with Crippen LogP contribution in [-0.2, 0) is 4.74 Å². The van der Waals surface area contributed by atoms with Crippen LogP contribution < -0.4 is 4.74 Å². The number of carbonyl (C=O) groups excluding carboxylic acids is 1. The average molecular weight is 535 g/mol. The van der Waals surface area contributed by atoms with Gasteiger partial charge in [-0.25, -0.2) is 14.5 Å². The maximum Gasteiger partial charge on any atom is 0.434 e. The number of rotatable bonds is 6. The van der Waals surface area contributed by atoms with Crippen LogP contribution in [0.15, 0.2) is 36.9 Å². The summed E-state index contributed by atoms with van der Waals surface area (Å²) in [6, 6.07) is 7.78. The highest BCUT2D eigenvalue weighted by molar-refractivity contribution is 5.68. The molecule has 0 unspecified atom stereocenters. The summed E-state index contributed by atoms with van der Waals surface area (Å²) >= 11 is 0. The highest BCUT2D eigenvalue weighted by Gasteiger charge is 2.60. The zero-order valence-corrected chi connectivity index (χ0v) is 19.8. The van der Waals surface area contributed by atoms with Crippen molar-refractivity contribution in [3.05, 3.63) is 36.9 Å². The molecule has 2 aliphatic rings. The van der Waals surface area contributed by atoms with E-state index in [2.05, 4.69) is 19.7 Å². The summed E-state index contributed by atoms with van der Waals surface area (Å²) in [5.41, 5.74) is 0.874. The Morgan fingerprint density at radius 3 is 2.11 bits per heavy atom. The highest BCUT2D eigenvalue weighted by Crippen LogP contribution is 2.36. The quantitative estimate of drug-likeness (QED) is 0.509. The fraction of sp³-hybridized carbons (Fsp3) is 0.609. The number of benzene rings is 1. The molecule has 1 saturated heterocycles. The van der Waals surface area contributed by atoms with Gasteiger partial charge in [-0.15, -0.1) is 0 Å². The highest BCUT2D eigenvalue weighted by atomic mass is 19.4. The van der Waals surface area contributed by atoms with E-state index in [4.69, 9.17) is 4.74 Å². The van der Waals surface area contributed by atoms with E-state index in [0.717, 1.165) is 42.0 Å². The number of hydrogen-bond donors (Lipinski definition) is 0. The first-order chi connectivity index (χ1) is 17.5. The number of hydrogen-bond acceptors (Lipinski definition) is 6. The maximum atomic E-state index is 12.7. The lowest BCUT2D eigenvalue weighted by atomic mass is 9.85. The Morgan fingerprint density at radius 2 is 1.57 bits per heavy atom. The molecule has 204 valence electrons. The normalized spacial score (nSPS) is 21.8. The number of carbonyl (C=O) groups is 1. The number of halogens is 6. The summed E-state index contributed by atoms with van der Waals surface area (Å²) in [5.74, 6) is 1.14. The minimum absolute atomic E-state index is 0.00883. The van der Waals surface area contributed by atoms with Gasteiger partial charge in [-0.3, -0.25) is 4.90 Å². The van der Waals surface area contributed by atoms with E-state index < -0.39 is 24.5 Å². The van der Waals surface area contributed by atoms with Crippen molar-refractivity contribution in [1.82, 2.24) is 24.6 Å². The molecule has 2 fully saturated rings. The Labute approximate surface area is 209 Å². The standard InChI is InChI=1S/C23H27F6N5O3/c24-22(25,26)20(23(27,28)29)37-21(35)33-11-9-32(10-12-33)17-3-1-16(2-4-17)13-36-19-7-5-18(6-8-19)34-15-30-14-31-34/h5-8,14-17,20H,1-4,9-13H2. The molecule has 14 heteroatoms. The zero-order valence-electron chi connectivity index (χ0n) is 19.8. The van der Waals surface area contributed by atoms with Gasteiger partial charge in [0.2, 0.25) is 0 Å². The van der Waals surface area contributed by atoms with E-state index in [0.29, 0.717) is 25.6 Å². The lowest BCUT2D eigenvalue weighted by Crippen LogP contribution is -2.55. The molecule has 37 heavy (non-hydrogen) atoms. The van der Waals surface area contributed by atoms with Crippen LogP contribution in [0, 0.1) is 5.92 Å². The minimum atomic E-state index is -5.72. The average Bonchev–Trinajstić information content (AvgIpc) is 3.40. The van der Waals surface area contributed by atoms with Crippen molar-refractivity contribution >= 4 is 6.09 Å². The Balaban J connectivity index is 1.17. The molecule has 1 amide bonds. The number of amides is 1. The zero-order chi connectivity index (χ0) is 26.6. The lowest BCUT2D eigenvalue weighted by molar-refractivity contribution is -0.308. The number of piperazine rings is 1. The molecule has 2 aromatic rings. The lowest BCUT2D eigenvalue weighted by Gasteiger charge is -2.41. The van der Waals surface area contributed by atoms with Crippen LogP contribution in [0.5, 0.6) is 5.75 Å². The summed E-state index contributed by atoms with van der Waals surface area (Å²) < 4.78 is 87.4. The van der Waals surface area contributed by atoms with Gasteiger partial charge in [0, 0.05) is 32.2 Å². The van der Waals surface area contributed by atoms with Crippen LogP contribution >= 0.6 is 0 Å². The first kappa shape index (κ1) is 27.0. The van der Waals surface area contributed by atoms with Crippen LogP contribution in [0.1, 0.15) is 25.7 Å². The van der Waals surface area contributed by atoms with Crippen molar-refractivity contribution in [3.63, 3.8) is 0 Å². The maximum absolute atomic E-state index is 12.7. The Hall–Kier alpha value is -3.03. The van der Waals surface area contributed by atoms with E-state index in [1.807, 2.05) is 24.3 Å². The smallest absolute Gasteiger partial charge is 0.434 e. The second-order valence-electron chi connectivity index (χ2n) is 9.19. The van der Waals surface area contributed by atoms with E-state index in [-0.39, 0.29) is 19.1 Å². The molecule has 8 nitrogen and oxygen atoms in total. The summed E-state index contributed by atoms with van der Waals surface area (Å²) in [5, 5.41) is 4.08. The second kappa shape index (κ2) is 11.2. The largest absolute Gasteiger partial charge is 0.493 e. The molecular formula is C23H27F6N5O3. The molecule has 0 atom stereocenters. The van der Waals surface area contributed by atoms with Crippen LogP contribution in [0.4, 0.5) is 31.1 Å². The molecule has 4 rings (SSSR count). The topological polar surface area (TPSA) is 72.7 Å². The molecule has 0 radical (unpaired) electrons. The minimum Gasteiger partial charge on any atom is -0.493 e. The predicted octanol–water partition coefficient (Wildman–Crippen LogP) is 4.45. The monoisotopic (exact) mass is 535 g/mol. The number of ether oxygens (including phenoxy) is 2. The van der Waals surface area contributed by atoms with Crippen molar-refractivity contribution in [1.29, 1.82) is 0 Å². The van der Waals surface area contributed by atoms with Gasteiger partial charge in [0.15, 0.2) is 0 Å². The number of nitrogens with zero attached hydrogens (tertiary/aromatic N) is 5. The summed E-state index contributed by atoms with van der Waals surface area (Å²) in [6.07, 6.45) is -10.5. The van der Waals surface area contributed by atoms with E-state index in [1.165, 1.54) is 6.33 Å². The molecular weight excluding hydrogens is 508 g/mol. The van der Waals surface area contributed by atoms with Crippen molar-refractivity contribution in [2.24, 2.45) is 5.92 Å². The number of aromatic nitrogens is 3. The first-order valence-corrected chi connectivity index (χ1v) is 11.9. The van der Waals surface area contributed by atoms with Crippen molar-refractivity contribution < 1.29 is 40.6 Å². The molecule has 1 aliphatic carbocycles. The molecule has 2 heterocycles. The second-order valence-corrected chi connectivity index (χ2v) is 9.19. The van der Waals surface area contributed by atoms with Crippen LogP contribution in [0.2, 0.25) is 0 Å². The Bertz CT molecular complexity index is 985. The van der Waals surface area contributed by atoms with Crippen molar-refractivity contribution in [2.75, 3.05) is 32.8 Å². The van der Waals surface area contributed by atoms with Gasteiger partial charge in [-0.05, 0) is 55.9 Å². The Morgan fingerprint density at radius 1 is 0.946 bits per heavy atom. The number of alkyl halides is 6. The fourth-order valence-corrected chi connectivity index (χ4v) is 4.69. The van der Waals surface area contributed by atoms with Gasteiger partial charge >= 0.3 is 18.4 Å². The van der Waals surface area contributed by atoms with Gasteiger partial charge in [0.05, 0.1) is 12.3 Å². The van der Waals surface area contributed by atoms with Gasteiger partial charge in [-0.2, -0.15) is 31.4 Å². The predicted molar refractivity (Wildman–Crippen MR) is 118 cm³/mol. The van der Waals surface area contributed by atoms with Crippen molar-refractivity contribution in [3.8, 4) is 11.4 Å². The molecule has 0 bridgehead atoms. The fourth-order valence-electron chi connectivity index (χ4n) is 4.69. The van der Waals surface area contributed by atoms with Crippen molar-refractivity contribution in [2.45, 2.75) is 50.2 Å². The first-order valence-electron chi connectivity index (χ1n) is 11.9. The molecule has 1 aromatic carbocycles. The van der Waals surface area contributed by atoms with E-state index in [9.17, 15) is 31.1 Å². The third-order valence-corrected chi connectivity index (χ3v) is 6.72. The molecule has 1 aliphatic heterocycles. The van der Waals surface area contributed by atoms with Crippen LogP contribution in [-0.4, -0.2) is 87.9 Å². The molecule has 0 spiro atoms. The van der Waals surface area contributed by atoms with Crippen LogP contribution in [0.25, 0.3) is 5.69 Å². The summed E-state index contributed by atoms with van der Waals surface area (Å²) in [7, 11) is 0. The summed E-state index contributed by atoms with van der Waals surface area (Å²) in [4.78, 5) is 18.9. The van der Waals surface area contributed by atoms with Gasteiger partial charge in [-0.1, -0.05) is 0 Å². The molecule has 1 saturated carbocycles. The molecule has 0 N–H and O–H groups in total. The van der Waals surface area contributed by atoms with Gasteiger partial charge < -0.3 is 14.4 Å². The van der Waals surface area contributed by atoms with Gasteiger partial charge in [0.1, 0.15) is 18.4 Å². The third kappa shape index (κ3) is 7.05. The summed E-state index contributed by atoms with van der Waals surface area (Å²) in [6.45, 7) is 1.32. The molecule has 1 aromatic heterocycles. The van der Waals surface area contributed by atoms with E-state index >= 15 is 0 Å². The Kier molecular flexibility index (Phi) is 8.14. The SMILES string of the molecule is O=C(OC(C(F)(F)F)C(F)(F)F)N1CCN(C2CCC(COc3ccc(-n4cncn4)cc3)CC2)CC1. The third-order valence-electron chi connectivity index (χ3n) is 6.72. The van der Waals surface area contributed by atoms with Gasteiger partial charge in [0.25, 0.3) is 6.10 Å². The van der Waals surface area contributed by atoms with E-state index in [1.54, 1.807) is 11.0 Å². The van der Waals surface area contributed by atoms with Crippen LogP contribution in [0.3, 0.4) is 0 Å².